The van der Waals surface area contributed by atoms with Crippen molar-refractivity contribution in [2.75, 3.05) is 0 Å². The van der Waals surface area contributed by atoms with Crippen molar-refractivity contribution in [2.45, 2.75) is 6.42 Å². The van der Waals surface area contributed by atoms with Crippen LogP contribution in [0, 0.1) is 0 Å². The van der Waals surface area contributed by atoms with Crippen LogP contribution in [0.15, 0.2) is 99.8 Å². The molecule has 3 heterocycles. The normalized spacial score (nSPS) is 13.6. The SMILES string of the molecule is C(=Nc1cccc2cccnc12)C1=CCC(C=Nc2cccc3cccnc23)=N1.[Cl][Fe][Cl]. The van der Waals surface area contributed by atoms with Gasteiger partial charge < -0.3 is 0 Å². The molecule has 0 saturated carbocycles. The van der Waals surface area contributed by atoms with Crippen molar-refractivity contribution in [1.82, 2.24) is 9.97 Å². The van der Waals surface area contributed by atoms with Crippen molar-refractivity contribution in [3.63, 3.8) is 0 Å². The van der Waals surface area contributed by atoms with Crippen molar-refractivity contribution < 1.29 is 13.1 Å². The molecule has 5 rings (SSSR count). The van der Waals surface area contributed by atoms with Crippen molar-refractivity contribution in [2.24, 2.45) is 15.0 Å². The number of aliphatic imine (C=N–C) groups is 3. The first-order valence-electron chi connectivity index (χ1n) is 9.67. The Morgan fingerprint density at radius 3 is 1.88 bits per heavy atom. The van der Waals surface area contributed by atoms with E-state index < -0.39 is 0 Å². The van der Waals surface area contributed by atoms with Gasteiger partial charge in [-0.1, -0.05) is 42.5 Å². The molecule has 0 spiro atoms. The van der Waals surface area contributed by atoms with E-state index in [0.29, 0.717) is 0 Å². The molecule has 0 fully saturated rings. The minimum atomic E-state index is 0.194. The number of para-hydroxylation sites is 2. The van der Waals surface area contributed by atoms with Crippen LogP contribution in [0.5, 0.6) is 0 Å². The van der Waals surface area contributed by atoms with E-state index in [-0.39, 0.29) is 13.1 Å². The topological polar surface area (TPSA) is 62.9 Å². The van der Waals surface area contributed by atoms with Gasteiger partial charge in [-0.3, -0.25) is 24.9 Å². The number of allylic oxidation sites excluding steroid dienone is 2. The standard InChI is InChI=1S/C24H17N5.2ClH.Fe/c1-5-17-7-3-13-25-23(17)21(9-1)27-15-19-11-12-20(29-19)16-28-22-10-2-6-18-8-4-14-26-24(18)22;;;/h1-11,13-16H,12H2;2*1H;/q;;;+2/p-2. The number of hydrogen-bond donors (Lipinski definition) is 0. The molecule has 0 N–H and O–H groups in total. The van der Waals surface area contributed by atoms with Crippen LogP contribution in [0.25, 0.3) is 21.8 Å². The molecule has 0 atom stereocenters. The number of halogens is 2. The van der Waals surface area contributed by atoms with Crippen LogP contribution in [0.2, 0.25) is 0 Å². The fraction of sp³-hybridized carbons (Fsp3) is 0.0417. The third kappa shape index (κ3) is 5.47. The number of benzene rings is 2. The van der Waals surface area contributed by atoms with Gasteiger partial charge in [-0.25, -0.2) is 0 Å². The molecule has 160 valence electrons. The van der Waals surface area contributed by atoms with E-state index in [2.05, 4.69) is 24.9 Å². The summed E-state index contributed by atoms with van der Waals surface area (Å²) in [5.74, 6) is 0. The maximum absolute atomic E-state index is 4.76. The molecule has 5 nitrogen and oxygen atoms in total. The molecule has 1 aliphatic heterocycles. The first kappa shape index (κ1) is 22.3. The molecule has 2 aromatic carbocycles. The number of fused-ring (bicyclic) bond motifs is 2. The molecule has 0 aliphatic carbocycles. The van der Waals surface area contributed by atoms with Gasteiger partial charge in [0.15, 0.2) is 0 Å². The van der Waals surface area contributed by atoms with Crippen LogP contribution in [-0.4, -0.2) is 28.1 Å². The summed E-state index contributed by atoms with van der Waals surface area (Å²) in [5, 5.41) is 2.15. The van der Waals surface area contributed by atoms with Crippen molar-refractivity contribution in [3.8, 4) is 0 Å². The fourth-order valence-electron chi connectivity index (χ4n) is 3.29. The maximum atomic E-state index is 4.76. The summed E-state index contributed by atoms with van der Waals surface area (Å²) < 4.78 is 0. The van der Waals surface area contributed by atoms with E-state index in [1.165, 1.54) is 0 Å². The molecule has 0 radical (unpaired) electrons. The van der Waals surface area contributed by atoms with E-state index in [4.69, 9.17) is 20.2 Å². The second-order valence-corrected chi connectivity index (χ2v) is 8.53. The van der Waals surface area contributed by atoms with Gasteiger partial charge in [-0.2, -0.15) is 0 Å². The Morgan fingerprint density at radius 1 is 0.750 bits per heavy atom. The molecule has 2 aromatic heterocycles. The summed E-state index contributed by atoms with van der Waals surface area (Å²) in [5.41, 5.74) is 5.19. The summed E-state index contributed by atoms with van der Waals surface area (Å²) >= 11 is 0.194. The molecular formula is C24H17Cl2FeN5. The van der Waals surface area contributed by atoms with E-state index >= 15 is 0 Å². The van der Waals surface area contributed by atoms with E-state index in [1.807, 2.05) is 66.7 Å². The Hall–Kier alpha value is -2.89. The average Bonchev–Trinajstić information content (AvgIpc) is 3.30. The molecule has 32 heavy (non-hydrogen) atoms. The van der Waals surface area contributed by atoms with Crippen LogP contribution in [-0.2, 0) is 13.1 Å². The second-order valence-electron chi connectivity index (χ2n) is 6.71. The molecule has 8 heteroatoms. The van der Waals surface area contributed by atoms with Gasteiger partial charge in [0.1, 0.15) is 0 Å². The minimum absolute atomic E-state index is 0.194. The first-order valence-corrected chi connectivity index (χ1v) is 12.7. The Bertz CT molecular complexity index is 1350. The summed E-state index contributed by atoms with van der Waals surface area (Å²) in [6, 6.07) is 19.9. The third-order valence-corrected chi connectivity index (χ3v) is 4.70. The van der Waals surface area contributed by atoms with Gasteiger partial charge in [0.25, 0.3) is 0 Å². The summed E-state index contributed by atoms with van der Waals surface area (Å²) in [4.78, 5) is 22.7. The predicted octanol–water partition coefficient (Wildman–Crippen LogP) is 6.99. The first-order chi connectivity index (χ1) is 15.8. The van der Waals surface area contributed by atoms with E-state index in [0.717, 1.165) is 51.0 Å². The van der Waals surface area contributed by atoms with Gasteiger partial charge in [0, 0.05) is 35.8 Å². The van der Waals surface area contributed by atoms with Crippen LogP contribution in [0.4, 0.5) is 11.4 Å². The quantitative estimate of drug-likeness (QED) is 0.223. The van der Waals surface area contributed by atoms with Gasteiger partial charge in [0.05, 0.1) is 40.0 Å². The zero-order chi connectivity index (χ0) is 22.2. The monoisotopic (exact) mass is 501 g/mol. The Balaban J connectivity index is 0.000000775. The number of nitrogens with zero attached hydrogens (tertiary/aromatic N) is 5. The molecule has 0 saturated heterocycles. The zero-order valence-electron chi connectivity index (χ0n) is 16.7. The number of hydrogen-bond acceptors (Lipinski definition) is 5. The number of aromatic nitrogens is 2. The number of rotatable bonds is 4. The summed E-state index contributed by atoms with van der Waals surface area (Å²) in [6.07, 6.45) is 9.93. The van der Waals surface area contributed by atoms with Crippen molar-refractivity contribution in [1.29, 1.82) is 0 Å². The van der Waals surface area contributed by atoms with Crippen LogP contribution in [0.3, 0.4) is 0 Å². The summed E-state index contributed by atoms with van der Waals surface area (Å²) in [6.45, 7) is 0. The number of pyridine rings is 2. The van der Waals surface area contributed by atoms with Crippen LogP contribution < -0.4 is 0 Å². The Labute approximate surface area is 200 Å². The van der Waals surface area contributed by atoms with Crippen molar-refractivity contribution in [3.05, 3.63) is 84.8 Å². The fourth-order valence-corrected chi connectivity index (χ4v) is 3.29. The summed E-state index contributed by atoms with van der Waals surface area (Å²) in [7, 11) is 9.53. The van der Waals surface area contributed by atoms with Gasteiger partial charge in [-0.15, -0.1) is 0 Å². The van der Waals surface area contributed by atoms with Crippen LogP contribution in [0.1, 0.15) is 6.42 Å². The zero-order valence-corrected chi connectivity index (χ0v) is 19.3. The molecule has 1 aliphatic rings. The van der Waals surface area contributed by atoms with Gasteiger partial charge in [0.2, 0.25) is 0 Å². The van der Waals surface area contributed by atoms with Gasteiger partial charge >= 0.3 is 33.3 Å². The average molecular weight is 502 g/mol. The molecule has 0 unspecified atom stereocenters. The molecular weight excluding hydrogens is 485 g/mol. The van der Waals surface area contributed by atoms with E-state index in [1.54, 1.807) is 24.8 Å². The van der Waals surface area contributed by atoms with Crippen LogP contribution >= 0.6 is 20.2 Å². The predicted molar refractivity (Wildman–Crippen MR) is 132 cm³/mol. The molecule has 0 amide bonds. The van der Waals surface area contributed by atoms with Gasteiger partial charge in [-0.05, 0) is 24.3 Å². The van der Waals surface area contributed by atoms with E-state index in [9.17, 15) is 0 Å². The molecule has 0 bridgehead atoms. The Morgan fingerprint density at radius 2 is 1.28 bits per heavy atom. The van der Waals surface area contributed by atoms with Crippen molar-refractivity contribution >= 4 is 71.5 Å². The molecule has 4 aromatic rings. The Kier molecular flexibility index (Phi) is 7.75. The second kappa shape index (κ2) is 11.1. The third-order valence-electron chi connectivity index (χ3n) is 4.70.